The minimum absolute atomic E-state index is 0.0615. The molecule has 2 N–H and O–H groups in total. The van der Waals surface area contributed by atoms with Crippen LogP contribution in [0.15, 0.2) is 115 Å². The normalized spacial score (nSPS) is 18.6. The molecule has 0 aliphatic carbocycles. The van der Waals surface area contributed by atoms with Crippen LogP contribution in [0, 0.1) is 0 Å². The average Bonchev–Trinajstić information content (AvgIpc) is 3.10. The van der Waals surface area contributed by atoms with Gasteiger partial charge in [0.15, 0.2) is 0 Å². The van der Waals surface area contributed by atoms with Crippen molar-refractivity contribution in [3.05, 3.63) is 127 Å². The summed E-state index contributed by atoms with van der Waals surface area (Å²) < 4.78 is 11.9. The van der Waals surface area contributed by atoms with E-state index in [1.54, 1.807) is 51.5 Å². The summed E-state index contributed by atoms with van der Waals surface area (Å²) in [5, 5.41) is 16.1. The highest BCUT2D eigenvalue weighted by Crippen LogP contribution is 2.30. The molecule has 1 aromatic heterocycles. The minimum Gasteiger partial charge on any atom is -0.508 e. The number of rotatable bonds is 10. The highest BCUT2D eigenvalue weighted by Gasteiger charge is 2.51. The number of carbonyl (C=O) groups is 3. The molecule has 12 heteroatoms. The van der Waals surface area contributed by atoms with Gasteiger partial charge in [0, 0.05) is 47.0 Å². The third-order valence-electron chi connectivity index (χ3n) is 8.67. The molecule has 11 nitrogen and oxygen atoms in total. The van der Waals surface area contributed by atoms with Crippen molar-refractivity contribution in [1.82, 2.24) is 30.1 Å². The van der Waals surface area contributed by atoms with Crippen molar-refractivity contribution in [2.24, 2.45) is 0 Å². The van der Waals surface area contributed by atoms with Gasteiger partial charge in [0.25, 0.3) is 0 Å². The first-order valence-corrected chi connectivity index (χ1v) is 17.5. The summed E-state index contributed by atoms with van der Waals surface area (Å²) in [4.78, 5) is 50.9. The monoisotopic (exact) mass is 678 g/mol. The molecule has 2 aliphatic rings. The number of phenolic OH excluding ortho intramolecular Hbond substituents is 1. The van der Waals surface area contributed by atoms with Crippen LogP contribution in [0.3, 0.4) is 0 Å². The first-order chi connectivity index (χ1) is 23.7. The summed E-state index contributed by atoms with van der Waals surface area (Å²) in [5.41, 5.74) is 3.86. The van der Waals surface area contributed by atoms with E-state index in [0.717, 1.165) is 16.7 Å². The van der Waals surface area contributed by atoms with Crippen molar-refractivity contribution >= 4 is 28.6 Å². The molecule has 4 amide bonds. The maximum Gasteiger partial charge on any atom is 0.334 e. The van der Waals surface area contributed by atoms with Gasteiger partial charge in [-0.05, 0) is 47.5 Å². The molecule has 3 heterocycles. The average molecular weight is 679 g/mol. The Morgan fingerprint density at radius 3 is 2.41 bits per heavy atom. The number of fused-ring (bicyclic) bond motifs is 1. The molecule has 49 heavy (non-hydrogen) atoms. The van der Waals surface area contributed by atoms with Crippen molar-refractivity contribution in [3.63, 3.8) is 0 Å². The van der Waals surface area contributed by atoms with Gasteiger partial charge in [-0.1, -0.05) is 66.7 Å². The molecular weight excluding hydrogens is 641 g/mol. The fourth-order valence-corrected chi connectivity index (χ4v) is 6.81. The number of nitrogens with zero attached hydrogens (tertiary/aromatic N) is 5. The van der Waals surface area contributed by atoms with Crippen LogP contribution in [-0.4, -0.2) is 90.1 Å². The number of hydrogen-bond donors (Lipinski definition) is 2. The lowest BCUT2D eigenvalue weighted by Crippen LogP contribution is -2.76. The third kappa shape index (κ3) is 7.55. The van der Waals surface area contributed by atoms with Crippen molar-refractivity contribution < 1.29 is 23.7 Å². The van der Waals surface area contributed by atoms with Crippen LogP contribution in [0.4, 0.5) is 4.79 Å². The zero-order valence-electron chi connectivity index (χ0n) is 27.1. The van der Waals surface area contributed by atoms with Crippen molar-refractivity contribution in [2.45, 2.75) is 36.6 Å². The fourth-order valence-electron chi connectivity index (χ4n) is 6.29. The van der Waals surface area contributed by atoms with E-state index in [4.69, 9.17) is 4.98 Å². The van der Waals surface area contributed by atoms with Crippen molar-refractivity contribution in [1.29, 1.82) is 0 Å². The van der Waals surface area contributed by atoms with Gasteiger partial charge in [-0.3, -0.25) is 18.8 Å². The molecule has 2 aliphatic heterocycles. The summed E-state index contributed by atoms with van der Waals surface area (Å²) in [6.45, 7) is 4.48. The number of urea groups is 1. The molecule has 4 aromatic rings. The van der Waals surface area contributed by atoms with Gasteiger partial charge in [-0.25, -0.2) is 14.8 Å². The van der Waals surface area contributed by atoms with Crippen LogP contribution in [0.25, 0.3) is 11.3 Å². The largest absolute Gasteiger partial charge is 0.508 e. The summed E-state index contributed by atoms with van der Waals surface area (Å²) >= 11 is 0. The molecular formula is C37H38N6O5S. The predicted octanol–water partition coefficient (Wildman–Crippen LogP) is 3.93. The fraction of sp³-hybridized carbons (Fsp3) is 0.243. The Hall–Kier alpha value is -5.33. The first kappa shape index (κ1) is 33.6. The molecule has 3 aromatic carbocycles. The molecule has 1 unspecified atom stereocenters. The summed E-state index contributed by atoms with van der Waals surface area (Å²) in [7, 11) is -1.10. The predicted molar refractivity (Wildman–Crippen MR) is 186 cm³/mol. The van der Waals surface area contributed by atoms with Crippen molar-refractivity contribution in [3.8, 4) is 17.0 Å². The third-order valence-corrected chi connectivity index (χ3v) is 9.61. The van der Waals surface area contributed by atoms with Crippen LogP contribution in [0.1, 0.15) is 16.8 Å². The number of hydrazine groups is 1. The molecule has 0 radical (unpaired) electrons. The number of nitrogens with one attached hydrogen (secondary N) is 1. The molecule has 0 bridgehead atoms. The minimum atomic E-state index is -1.10. The number of hydrogen-bond acceptors (Lipinski definition) is 7. The second kappa shape index (κ2) is 14.8. The SMILES string of the molecule is C=CCN1CC(=O)N2[C@@H](Cc3ccc(O)cc3)C(=O)N(Cc3cccc(-c4ccc(S(C)=O)cc4)n3)C[C@@H]2N1C(=O)NCc1ccccc1. The standard InChI is InChI=1S/C37H38N6O5S/c1-3-20-41-25-35(45)42-33(21-26-12-16-30(44)17-13-26)36(46)40(24-34(42)43(41)37(47)38-22-27-8-5-4-6-9-27)23-29-10-7-11-32(39-29)28-14-18-31(19-15-28)49(2)48/h3-19,33-34,44H,1,20-25H2,2H3,(H,38,47)/t33-,34-,49?/m0/s1. The molecule has 0 saturated carbocycles. The first-order valence-electron chi connectivity index (χ1n) is 16.0. The topological polar surface area (TPSA) is 126 Å². The number of carbonyl (C=O) groups excluding carboxylic acids is 3. The lowest BCUT2D eigenvalue weighted by atomic mass is 9.98. The maximum absolute atomic E-state index is 14.3. The van der Waals surface area contributed by atoms with Gasteiger partial charge >= 0.3 is 6.03 Å². The van der Waals surface area contributed by atoms with Crippen LogP contribution in [0.2, 0.25) is 0 Å². The lowest BCUT2D eigenvalue weighted by molar-refractivity contribution is -0.189. The maximum atomic E-state index is 14.3. The number of aromatic nitrogens is 1. The van der Waals surface area contributed by atoms with E-state index in [1.807, 2.05) is 72.8 Å². The zero-order valence-corrected chi connectivity index (χ0v) is 28.0. The van der Waals surface area contributed by atoms with Crippen LogP contribution >= 0.6 is 0 Å². The van der Waals surface area contributed by atoms with Gasteiger partial charge in [0.05, 0.1) is 31.0 Å². The quantitative estimate of drug-likeness (QED) is 0.244. The van der Waals surface area contributed by atoms with Gasteiger partial charge < -0.3 is 20.2 Å². The molecule has 6 rings (SSSR count). The Morgan fingerprint density at radius 2 is 1.71 bits per heavy atom. The Kier molecular flexibility index (Phi) is 10.2. The summed E-state index contributed by atoms with van der Waals surface area (Å²) in [6.07, 6.45) is 2.66. The molecule has 0 spiro atoms. The van der Waals surface area contributed by atoms with E-state index < -0.39 is 29.0 Å². The number of aromatic hydroxyl groups is 1. The highest BCUT2D eigenvalue weighted by atomic mass is 32.2. The second-order valence-corrected chi connectivity index (χ2v) is 13.4. The molecule has 2 fully saturated rings. The highest BCUT2D eigenvalue weighted by molar-refractivity contribution is 7.84. The number of amides is 4. The van der Waals surface area contributed by atoms with E-state index in [1.165, 1.54) is 4.90 Å². The smallest absolute Gasteiger partial charge is 0.334 e. The lowest BCUT2D eigenvalue weighted by Gasteiger charge is -2.55. The number of benzene rings is 3. The Labute approximate surface area is 287 Å². The van der Waals surface area contributed by atoms with E-state index in [-0.39, 0.29) is 56.7 Å². The Balaban J connectivity index is 1.33. The number of pyridine rings is 1. The van der Waals surface area contributed by atoms with Crippen molar-refractivity contribution in [2.75, 3.05) is 25.9 Å². The van der Waals surface area contributed by atoms with Crippen LogP contribution in [-0.2, 0) is 39.9 Å². The second-order valence-electron chi connectivity index (χ2n) is 12.0. The Morgan fingerprint density at radius 1 is 0.980 bits per heavy atom. The van der Waals surface area contributed by atoms with Gasteiger partial charge in [0.1, 0.15) is 18.0 Å². The zero-order chi connectivity index (χ0) is 34.5. The van der Waals surface area contributed by atoms with Crippen LogP contribution < -0.4 is 5.32 Å². The summed E-state index contributed by atoms with van der Waals surface area (Å²) in [6, 6.07) is 27.7. The number of phenols is 1. The molecule has 2 saturated heterocycles. The summed E-state index contributed by atoms with van der Waals surface area (Å²) in [5.74, 6) is -0.439. The Bertz CT molecular complexity index is 1850. The molecule has 252 valence electrons. The molecule has 3 atom stereocenters. The van der Waals surface area contributed by atoms with E-state index >= 15 is 0 Å². The van der Waals surface area contributed by atoms with E-state index in [9.17, 15) is 23.7 Å². The van der Waals surface area contributed by atoms with Gasteiger partial charge in [-0.15, -0.1) is 6.58 Å². The van der Waals surface area contributed by atoms with E-state index in [2.05, 4.69) is 11.9 Å². The number of piperazine rings is 1. The van der Waals surface area contributed by atoms with Crippen LogP contribution in [0.5, 0.6) is 5.75 Å². The van der Waals surface area contributed by atoms with Gasteiger partial charge in [0.2, 0.25) is 11.8 Å². The van der Waals surface area contributed by atoms with E-state index in [0.29, 0.717) is 16.3 Å². The van der Waals surface area contributed by atoms with Gasteiger partial charge in [-0.2, -0.15) is 0 Å².